The number of nitrogens with zero attached hydrogens (tertiary/aromatic N) is 1. The van der Waals surface area contributed by atoms with E-state index >= 15 is 0 Å². The van der Waals surface area contributed by atoms with Gasteiger partial charge >= 0.3 is 0 Å². The first-order chi connectivity index (χ1) is 13.0. The van der Waals surface area contributed by atoms with Crippen LogP contribution in [0.1, 0.15) is 11.3 Å². The fourth-order valence-corrected chi connectivity index (χ4v) is 3.93. The summed E-state index contributed by atoms with van der Waals surface area (Å²) in [6, 6.07) is 11.5. The summed E-state index contributed by atoms with van der Waals surface area (Å²) in [5, 5.41) is 5.09. The molecule has 0 spiro atoms. The molecule has 27 heavy (non-hydrogen) atoms. The highest BCUT2D eigenvalue weighted by atomic mass is 79.9. The highest BCUT2D eigenvalue weighted by Crippen LogP contribution is 2.38. The predicted molar refractivity (Wildman–Crippen MR) is 113 cm³/mol. The Labute approximate surface area is 173 Å². The Bertz CT molecular complexity index is 1010. The second kappa shape index (κ2) is 8.58. The first-order valence-corrected chi connectivity index (χ1v) is 9.63. The summed E-state index contributed by atoms with van der Waals surface area (Å²) in [6.07, 6.45) is 1.63. The molecule has 1 aromatic heterocycles. The molecular weight excluding hydrogens is 478 g/mol. The SMILES string of the molecule is COc1cc(Br)cc(Br)c1OCC(=O)N/N=C/c1c(C)[nH]c2ccccc12. The Balaban J connectivity index is 1.64. The standard InChI is InChI=1S/C19H17Br2N3O3/c1-11-14(13-5-3-4-6-16(13)23-11)9-22-24-18(25)10-27-19-15(21)7-12(20)8-17(19)26-2/h3-9,23H,10H2,1-2H3,(H,24,25)/b22-9+. The van der Waals surface area contributed by atoms with Crippen molar-refractivity contribution >= 4 is 54.9 Å². The van der Waals surface area contributed by atoms with Crippen LogP contribution in [0.15, 0.2) is 50.4 Å². The van der Waals surface area contributed by atoms with E-state index < -0.39 is 0 Å². The number of methoxy groups -OCH3 is 1. The highest BCUT2D eigenvalue weighted by molar-refractivity contribution is 9.11. The highest BCUT2D eigenvalue weighted by Gasteiger charge is 2.13. The smallest absolute Gasteiger partial charge is 0.277 e. The number of nitrogens with one attached hydrogen (secondary N) is 2. The second-order valence-corrected chi connectivity index (χ2v) is 7.48. The molecule has 0 radical (unpaired) electrons. The van der Waals surface area contributed by atoms with Crippen LogP contribution in [0.4, 0.5) is 0 Å². The van der Waals surface area contributed by atoms with Crippen molar-refractivity contribution in [2.75, 3.05) is 13.7 Å². The Morgan fingerprint density at radius 2 is 2.07 bits per heavy atom. The van der Waals surface area contributed by atoms with Crippen LogP contribution in [0.3, 0.4) is 0 Å². The van der Waals surface area contributed by atoms with Gasteiger partial charge in [0.2, 0.25) is 0 Å². The normalized spacial score (nSPS) is 11.1. The summed E-state index contributed by atoms with van der Waals surface area (Å²) in [5.74, 6) is 0.592. The quantitative estimate of drug-likeness (QED) is 0.390. The van der Waals surface area contributed by atoms with Crippen LogP contribution >= 0.6 is 31.9 Å². The summed E-state index contributed by atoms with van der Waals surface area (Å²) >= 11 is 6.78. The Kier molecular flexibility index (Phi) is 6.18. The van der Waals surface area contributed by atoms with Crippen molar-refractivity contribution in [2.24, 2.45) is 5.10 Å². The van der Waals surface area contributed by atoms with Gasteiger partial charge in [-0.15, -0.1) is 0 Å². The van der Waals surface area contributed by atoms with Gasteiger partial charge in [0.1, 0.15) is 0 Å². The van der Waals surface area contributed by atoms with E-state index in [1.54, 1.807) is 12.3 Å². The minimum atomic E-state index is -0.374. The number of carbonyl (C=O) groups excluding carboxylic acids is 1. The molecule has 2 aromatic carbocycles. The molecule has 0 atom stereocenters. The van der Waals surface area contributed by atoms with Gasteiger partial charge < -0.3 is 14.5 Å². The third kappa shape index (κ3) is 4.51. The number of carbonyl (C=O) groups is 1. The second-order valence-electron chi connectivity index (χ2n) is 5.71. The first kappa shape index (κ1) is 19.4. The number of para-hydroxylation sites is 1. The van der Waals surface area contributed by atoms with Crippen LogP contribution in [-0.4, -0.2) is 30.8 Å². The molecule has 0 saturated carbocycles. The fraction of sp³-hybridized carbons (Fsp3) is 0.158. The van der Waals surface area contributed by atoms with Crippen molar-refractivity contribution in [1.29, 1.82) is 0 Å². The van der Waals surface area contributed by atoms with Crippen LogP contribution in [0.5, 0.6) is 11.5 Å². The maximum Gasteiger partial charge on any atom is 0.277 e. The summed E-state index contributed by atoms with van der Waals surface area (Å²) in [4.78, 5) is 15.3. The zero-order valence-corrected chi connectivity index (χ0v) is 17.8. The van der Waals surface area contributed by atoms with Crippen molar-refractivity contribution in [3.63, 3.8) is 0 Å². The number of halogens is 2. The Hall–Kier alpha value is -2.32. The lowest BCUT2D eigenvalue weighted by Crippen LogP contribution is -2.24. The average molecular weight is 495 g/mol. The van der Waals surface area contributed by atoms with Gasteiger partial charge in [0.05, 0.1) is 17.8 Å². The summed E-state index contributed by atoms with van der Waals surface area (Å²) in [7, 11) is 1.54. The van der Waals surface area contributed by atoms with Crippen LogP contribution in [0.2, 0.25) is 0 Å². The monoisotopic (exact) mass is 493 g/mol. The third-order valence-corrected chi connectivity index (χ3v) is 4.92. The zero-order valence-electron chi connectivity index (χ0n) is 14.7. The molecule has 2 N–H and O–H groups in total. The number of hydrogen-bond acceptors (Lipinski definition) is 4. The first-order valence-electron chi connectivity index (χ1n) is 8.04. The van der Waals surface area contributed by atoms with Crippen molar-refractivity contribution in [2.45, 2.75) is 6.92 Å². The number of aryl methyl sites for hydroxylation is 1. The lowest BCUT2D eigenvalue weighted by Gasteiger charge is -2.12. The lowest BCUT2D eigenvalue weighted by atomic mass is 10.1. The number of H-pyrrole nitrogens is 1. The fourth-order valence-electron chi connectivity index (χ4n) is 2.63. The Morgan fingerprint density at radius 3 is 2.85 bits per heavy atom. The Morgan fingerprint density at radius 1 is 1.30 bits per heavy atom. The molecule has 0 unspecified atom stereocenters. The van der Waals surface area contributed by atoms with Gasteiger partial charge in [0, 0.05) is 26.6 Å². The molecule has 1 heterocycles. The van der Waals surface area contributed by atoms with Gasteiger partial charge in [-0.2, -0.15) is 5.10 Å². The minimum Gasteiger partial charge on any atom is -0.493 e. The van der Waals surface area contributed by atoms with Gasteiger partial charge in [-0.3, -0.25) is 4.79 Å². The molecule has 140 valence electrons. The molecule has 6 nitrogen and oxygen atoms in total. The van der Waals surface area contributed by atoms with E-state index in [0.29, 0.717) is 16.0 Å². The van der Waals surface area contributed by atoms with E-state index in [9.17, 15) is 4.79 Å². The molecule has 1 amide bonds. The number of benzene rings is 2. The number of fused-ring (bicyclic) bond motifs is 1. The van der Waals surface area contributed by atoms with E-state index in [-0.39, 0.29) is 12.5 Å². The van der Waals surface area contributed by atoms with Crippen LogP contribution < -0.4 is 14.9 Å². The van der Waals surface area contributed by atoms with Gasteiger partial charge in [-0.25, -0.2) is 5.43 Å². The van der Waals surface area contributed by atoms with Gasteiger partial charge in [-0.1, -0.05) is 34.1 Å². The molecular formula is C19H17Br2N3O3. The lowest BCUT2D eigenvalue weighted by molar-refractivity contribution is -0.123. The van der Waals surface area contributed by atoms with Crippen LogP contribution in [0, 0.1) is 6.92 Å². The molecule has 0 saturated heterocycles. The van der Waals surface area contributed by atoms with Gasteiger partial charge in [0.25, 0.3) is 5.91 Å². The zero-order chi connectivity index (χ0) is 19.4. The van der Waals surface area contributed by atoms with Crippen LogP contribution in [-0.2, 0) is 4.79 Å². The summed E-state index contributed by atoms with van der Waals surface area (Å²) in [5.41, 5.74) is 5.42. The maximum absolute atomic E-state index is 12.0. The van der Waals surface area contributed by atoms with E-state index in [4.69, 9.17) is 9.47 Å². The van der Waals surface area contributed by atoms with Crippen molar-refractivity contribution in [1.82, 2.24) is 10.4 Å². The number of ether oxygens (including phenoxy) is 2. The molecule has 3 rings (SSSR count). The number of aromatic nitrogens is 1. The maximum atomic E-state index is 12.0. The molecule has 0 fully saturated rings. The molecule has 0 aliphatic rings. The van der Waals surface area contributed by atoms with Gasteiger partial charge in [0.15, 0.2) is 18.1 Å². The molecule has 0 aliphatic carbocycles. The van der Waals surface area contributed by atoms with E-state index in [2.05, 4.69) is 47.4 Å². The number of amides is 1. The summed E-state index contributed by atoms with van der Waals surface area (Å²) < 4.78 is 12.4. The number of hydrogen-bond donors (Lipinski definition) is 2. The largest absolute Gasteiger partial charge is 0.493 e. The van der Waals surface area contributed by atoms with E-state index in [1.807, 2.05) is 37.3 Å². The average Bonchev–Trinajstić information content (AvgIpc) is 2.96. The molecule has 8 heteroatoms. The van der Waals surface area contributed by atoms with Crippen molar-refractivity contribution in [3.05, 3.63) is 56.6 Å². The van der Waals surface area contributed by atoms with Crippen molar-refractivity contribution in [3.8, 4) is 11.5 Å². The van der Waals surface area contributed by atoms with Crippen molar-refractivity contribution < 1.29 is 14.3 Å². The topological polar surface area (TPSA) is 75.7 Å². The van der Waals surface area contributed by atoms with E-state index in [1.165, 1.54) is 7.11 Å². The van der Waals surface area contributed by atoms with E-state index in [0.717, 1.165) is 26.6 Å². The van der Waals surface area contributed by atoms with Gasteiger partial charge in [-0.05, 0) is 41.1 Å². The number of hydrazone groups is 1. The predicted octanol–water partition coefficient (Wildman–Crippen LogP) is 4.54. The number of rotatable bonds is 6. The molecule has 0 aliphatic heterocycles. The van der Waals surface area contributed by atoms with Crippen LogP contribution in [0.25, 0.3) is 10.9 Å². The number of aromatic amines is 1. The molecule has 0 bridgehead atoms. The third-order valence-electron chi connectivity index (χ3n) is 3.87. The molecule has 3 aromatic rings. The minimum absolute atomic E-state index is 0.194. The summed E-state index contributed by atoms with van der Waals surface area (Å²) in [6.45, 7) is 1.77.